The van der Waals surface area contributed by atoms with Gasteiger partial charge in [-0.1, -0.05) is 0 Å². The Labute approximate surface area is 330 Å². The van der Waals surface area contributed by atoms with E-state index in [-0.39, 0.29) is 58.5 Å². The molecule has 0 aromatic heterocycles. The second kappa shape index (κ2) is 24.0. The second-order valence-electron chi connectivity index (χ2n) is 13.3. The lowest BCUT2D eigenvalue weighted by molar-refractivity contribution is -0.144. The molecule has 324 valence electrons. The summed E-state index contributed by atoms with van der Waals surface area (Å²) < 4.78 is 39.9. The van der Waals surface area contributed by atoms with Crippen molar-refractivity contribution >= 4 is 59.8 Å². The molecule has 22 nitrogen and oxygen atoms in total. The van der Waals surface area contributed by atoms with Gasteiger partial charge in [0.2, 0.25) is 0 Å². The number of urea groups is 2. The summed E-state index contributed by atoms with van der Waals surface area (Å²) >= 11 is 0. The molecule has 0 heterocycles. The van der Waals surface area contributed by atoms with Crippen LogP contribution in [0.25, 0.3) is 0 Å². The lowest BCUT2D eigenvalue weighted by Crippen LogP contribution is -2.45. The Hall–Kier alpha value is -5.70. The van der Waals surface area contributed by atoms with Gasteiger partial charge in [0, 0.05) is 6.54 Å². The van der Waals surface area contributed by atoms with Crippen molar-refractivity contribution in [2.75, 3.05) is 53.1 Å². The average Bonchev–Trinajstić information content (AvgIpc) is 3.11. The maximum Gasteiger partial charge on any atom is 0.509 e. The first-order chi connectivity index (χ1) is 26.4. The van der Waals surface area contributed by atoms with Gasteiger partial charge in [-0.15, -0.1) is 0 Å². The third kappa shape index (κ3) is 19.1. The standard InChI is InChI=1S/C35H56N4O18/c1-11-36-26(44)37-16-19-51-29(47)56-34(8,24(4)42)14-15-35(9,25(5)43)57-31(49)53-21-18-39-27(45)38-17-20-52-30(48)55-33(7,23(3)41)13-12-32(6,22(2)40)54-28(46)50-10/h11-21H2,1-10H3,(H2,36,37,44)(H2,38,39,45). The number of ketones is 4. The van der Waals surface area contributed by atoms with Gasteiger partial charge in [-0.2, -0.15) is 0 Å². The van der Waals surface area contributed by atoms with Gasteiger partial charge < -0.3 is 59.2 Å². The number of methoxy groups -OCH3 is 1. The first-order valence-corrected chi connectivity index (χ1v) is 17.8. The summed E-state index contributed by atoms with van der Waals surface area (Å²) in [7, 11) is 1.06. The maximum atomic E-state index is 12.5. The molecule has 0 fully saturated rings. The summed E-state index contributed by atoms with van der Waals surface area (Å²) in [4.78, 5) is 121. The molecule has 4 unspecified atom stereocenters. The van der Waals surface area contributed by atoms with Crippen LogP contribution in [0.5, 0.6) is 0 Å². The molecule has 0 radical (unpaired) electrons. The quantitative estimate of drug-likeness (QED) is 0.0618. The zero-order chi connectivity index (χ0) is 44.0. The number of Topliss-reactive ketones (excluding diaryl/α,β-unsaturated/α-hetero) is 4. The molecular weight excluding hydrogens is 764 g/mol. The van der Waals surface area contributed by atoms with Gasteiger partial charge in [-0.3, -0.25) is 19.2 Å². The van der Waals surface area contributed by atoms with Crippen molar-refractivity contribution in [1.29, 1.82) is 0 Å². The van der Waals surface area contributed by atoms with Gasteiger partial charge in [0.05, 0.1) is 26.7 Å². The molecule has 0 saturated carbocycles. The minimum Gasteiger partial charge on any atom is -0.438 e. The number of nitrogens with one attached hydrogen (secondary N) is 4. The van der Waals surface area contributed by atoms with Gasteiger partial charge in [0.25, 0.3) is 0 Å². The molecule has 4 N–H and O–H groups in total. The van der Waals surface area contributed by atoms with Gasteiger partial charge in [0.15, 0.2) is 45.5 Å². The SMILES string of the molecule is CCNC(=O)NCCOC(=O)OC(C)(CCC(C)(OC(=O)OCCNC(=O)NCCOC(=O)OC(C)(CCC(C)(OC(=O)OC)C(C)=O)C(C)=O)C(C)=O)C(C)=O. The number of ether oxygens (including phenoxy) is 8. The average molecular weight is 821 g/mol. The molecule has 57 heavy (non-hydrogen) atoms. The Morgan fingerprint density at radius 1 is 0.421 bits per heavy atom. The normalized spacial score (nSPS) is 14.8. The fraction of sp³-hybridized carbons (Fsp3) is 0.714. The highest BCUT2D eigenvalue weighted by atomic mass is 16.8. The van der Waals surface area contributed by atoms with Crippen LogP contribution in [0.1, 0.15) is 88.0 Å². The number of amides is 4. The van der Waals surface area contributed by atoms with Crippen molar-refractivity contribution in [2.45, 2.75) is 110 Å². The molecule has 4 amide bonds. The smallest absolute Gasteiger partial charge is 0.438 e. The van der Waals surface area contributed by atoms with Crippen molar-refractivity contribution in [1.82, 2.24) is 21.3 Å². The Bertz CT molecular complexity index is 1470. The van der Waals surface area contributed by atoms with E-state index >= 15 is 0 Å². The first kappa shape index (κ1) is 51.3. The molecular formula is C35H56N4O18. The molecule has 0 aliphatic carbocycles. The van der Waals surface area contributed by atoms with E-state index in [4.69, 9.17) is 33.2 Å². The predicted molar refractivity (Wildman–Crippen MR) is 194 cm³/mol. The van der Waals surface area contributed by atoms with E-state index in [0.29, 0.717) is 6.54 Å². The summed E-state index contributed by atoms with van der Waals surface area (Å²) in [6.45, 7) is 10.5. The maximum absolute atomic E-state index is 12.5. The molecule has 0 aromatic carbocycles. The summed E-state index contributed by atoms with van der Waals surface area (Å²) in [5.74, 6) is -2.32. The Kier molecular flexibility index (Phi) is 21.6. The lowest BCUT2D eigenvalue weighted by atomic mass is 9.87. The highest BCUT2D eigenvalue weighted by Gasteiger charge is 2.43. The molecule has 0 spiro atoms. The van der Waals surface area contributed by atoms with Gasteiger partial charge in [-0.25, -0.2) is 28.8 Å². The molecule has 0 aliphatic rings. The van der Waals surface area contributed by atoms with Crippen LogP contribution in [0.4, 0.5) is 28.8 Å². The summed E-state index contributed by atoms with van der Waals surface area (Å²) in [5.41, 5.74) is -7.00. The van der Waals surface area contributed by atoms with Crippen LogP contribution < -0.4 is 21.3 Å². The van der Waals surface area contributed by atoms with Crippen LogP contribution in [0, 0.1) is 0 Å². The Morgan fingerprint density at radius 3 is 0.895 bits per heavy atom. The number of hydrogen-bond acceptors (Lipinski definition) is 18. The molecule has 0 bridgehead atoms. The van der Waals surface area contributed by atoms with E-state index < -0.39 is 88.8 Å². The molecule has 22 heteroatoms. The fourth-order valence-corrected chi connectivity index (χ4v) is 4.20. The van der Waals surface area contributed by atoms with E-state index in [0.717, 1.165) is 27.9 Å². The van der Waals surface area contributed by atoms with Crippen LogP contribution in [0.2, 0.25) is 0 Å². The van der Waals surface area contributed by atoms with Gasteiger partial charge >= 0.3 is 36.7 Å². The zero-order valence-corrected chi connectivity index (χ0v) is 34.1. The van der Waals surface area contributed by atoms with Crippen LogP contribution in [0.3, 0.4) is 0 Å². The van der Waals surface area contributed by atoms with E-state index in [2.05, 4.69) is 26.0 Å². The number of carbonyl (C=O) groups excluding carboxylic acids is 10. The van der Waals surface area contributed by atoms with Gasteiger partial charge in [0.1, 0.15) is 19.8 Å². The largest absolute Gasteiger partial charge is 0.509 e. The summed E-state index contributed by atoms with van der Waals surface area (Å²) in [6, 6.07) is -1.22. The van der Waals surface area contributed by atoms with Crippen molar-refractivity contribution in [3.63, 3.8) is 0 Å². The molecule has 0 aromatic rings. The Balaban J connectivity index is 4.81. The van der Waals surface area contributed by atoms with Crippen LogP contribution in [0.15, 0.2) is 0 Å². The third-order valence-corrected chi connectivity index (χ3v) is 8.70. The lowest BCUT2D eigenvalue weighted by Gasteiger charge is -2.32. The topological polar surface area (TPSA) is 293 Å². The molecule has 0 saturated heterocycles. The highest BCUT2D eigenvalue weighted by Crippen LogP contribution is 2.29. The summed E-state index contributed by atoms with van der Waals surface area (Å²) in [6.07, 6.45) is -5.78. The van der Waals surface area contributed by atoms with Crippen molar-refractivity contribution in [2.24, 2.45) is 0 Å². The number of rotatable bonds is 24. The van der Waals surface area contributed by atoms with E-state index in [1.807, 2.05) is 0 Å². The van der Waals surface area contributed by atoms with Crippen molar-refractivity contribution in [3.8, 4) is 0 Å². The monoisotopic (exact) mass is 820 g/mol. The Morgan fingerprint density at radius 2 is 0.667 bits per heavy atom. The minimum atomic E-state index is -1.81. The van der Waals surface area contributed by atoms with Crippen LogP contribution in [-0.4, -0.2) is 135 Å². The van der Waals surface area contributed by atoms with Crippen LogP contribution >= 0.6 is 0 Å². The van der Waals surface area contributed by atoms with Crippen LogP contribution in [-0.2, 0) is 57.1 Å². The van der Waals surface area contributed by atoms with Crippen molar-refractivity contribution < 1.29 is 85.8 Å². The molecule has 0 rings (SSSR count). The fourth-order valence-electron chi connectivity index (χ4n) is 4.20. The van der Waals surface area contributed by atoms with E-state index in [1.54, 1.807) is 6.92 Å². The van der Waals surface area contributed by atoms with Crippen molar-refractivity contribution in [3.05, 3.63) is 0 Å². The predicted octanol–water partition coefficient (Wildman–Crippen LogP) is 2.80. The van der Waals surface area contributed by atoms with E-state index in [1.165, 1.54) is 34.6 Å². The minimum absolute atomic E-state index is 0.0277. The highest BCUT2D eigenvalue weighted by molar-refractivity contribution is 5.89. The first-order valence-electron chi connectivity index (χ1n) is 17.8. The van der Waals surface area contributed by atoms with E-state index in [9.17, 15) is 47.9 Å². The van der Waals surface area contributed by atoms with Gasteiger partial charge in [-0.05, 0) is 88.0 Å². The number of carbonyl (C=O) groups is 10. The molecule has 0 aliphatic heterocycles. The second-order valence-corrected chi connectivity index (χ2v) is 13.3. The molecule has 4 atom stereocenters. The zero-order valence-electron chi connectivity index (χ0n) is 34.1. The third-order valence-electron chi connectivity index (χ3n) is 8.70. The number of hydrogen-bond donors (Lipinski definition) is 4. The summed E-state index contributed by atoms with van der Waals surface area (Å²) in [5, 5.41) is 9.67.